The lowest BCUT2D eigenvalue weighted by atomic mass is 10.1. The van der Waals surface area contributed by atoms with Gasteiger partial charge in [-0.2, -0.15) is 0 Å². The van der Waals surface area contributed by atoms with Gasteiger partial charge < -0.3 is 13.9 Å². The van der Waals surface area contributed by atoms with E-state index in [1.807, 2.05) is 37.3 Å². The third-order valence-corrected chi connectivity index (χ3v) is 6.99. The fraction of sp³-hybridized carbons (Fsp3) is 0.308. The number of rotatable bonds is 7. The zero-order chi connectivity index (χ0) is 24.4. The van der Waals surface area contributed by atoms with Crippen molar-refractivity contribution in [2.45, 2.75) is 43.3 Å². The fourth-order valence-electron chi connectivity index (χ4n) is 4.11. The quantitative estimate of drug-likeness (QED) is 0.210. The molecule has 5 rings (SSSR count). The van der Waals surface area contributed by atoms with E-state index in [9.17, 15) is 9.59 Å². The lowest BCUT2D eigenvalue weighted by Crippen LogP contribution is -2.29. The molecular weight excluding hydrogens is 466 g/mol. The van der Waals surface area contributed by atoms with Gasteiger partial charge in [0, 0.05) is 17.9 Å². The first-order chi connectivity index (χ1) is 17.0. The number of oxazole rings is 1. The summed E-state index contributed by atoms with van der Waals surface area (Å²) in [5.41, 5.74) is 2.33. The molecule has 2 aromatic carbocycles. The molecule has 3 heterocycles. The van der Waals surface area contributed by atoms with E-state index in [0.29, 0.717) is 46.4 Å². The molecule has 0 amide bonds. The maximum atomic E-state index is 13.5. The Hall–Kier alpha value is -3.43. The maximum Gasteiger partial charge on any atom is 0.337 e. The second-order valence-electron chi connectivity index (χ2n) is 8.35. The van der Waals surface area contributed by atoms with E-state index < -0.39 is 5.97 Å². The summed E-state index contributed by atoms with van der Waals surface area (Å²) in [6, 6.07) is 14.5. The molecule has 1 aliphatic rings. The maximum absolute atomic E-state index is 13.5. The van der Waals surface area contributed by atoms with Crippen LogP contribution in [0.4, 0.5) is 0 Å². The highest BCUT2D eigenvalue weighted by molar-refractivity contribution is 7.98. The normalized spacial score (nSPS) is 15.5. The van der Waals surface area contributed by atoms with Gasteiger partial charge in [-0.15, -0.1) is 0 Å². The molecule has 0 aliphatic carbocycles. The molecule has 8 nitrogen and oxygen atoms in total. The van der Waals surface area contributed by atoms with Crippen molar-refractivity contribution in [3.8, 4) is 11.5 Å². The van der Waals surface area contributed by atoms with Crippen molar-refractivity contribution in [3.05, 3.63) is 75.9 Å². The zero-order valence-corrected chi connectivity index (χ0v) is 20.3. The Kier molecular flexibility index (Phi) is 6.70. The summed E-state index contributed by atoms with van der Waals surface area (Å²) in [5.74, 6) is 1.28. The number of carbonyl (C=O) groups excluding carboxylic acids is 1. The van der Waals surface area contributed by atoms with Gasteiger partial charge in [0.1, 0.15) is 5.76 Å². The summed E-state index contributed by atoms with van der Waals surface area (Å²) in [7, 11) is 1.32. The van der Waals surface area contributed by atoms with Gasteiger partial charge in [0.15, 0.2) is 5.16 Å². The minimum Gasteiger partial charge on any atom is -0.465 e. The van der Waals surface area contributed by atoms with Gasteiger partial charge in [-0.05, 0) is 50.1 Å². The molecule has 0 bridgehead atoms. The van der Waals surface area contributed by atoms with Crippen LogP contribution < -0.4 is 5.56 Å². The van der Waals surface area contributed by atoms with Crippen molar-refractivity contribution < 1.29 is 18.7 Å². The molecular formula is C26H25N3O5S. The number of ether oxygens (including phenoxy) is 2. The summed E-state index contributed by atoms with van der Waals surface area (Å²) in [5, 5.41) is 0.993. The van der Waals surface area contributed by atoms with Crippen molar-refractivity contribution in [3.63, 3.8) is 0 Å². The Labute approximate surface area is 206 Å². The highest BCUT2D eigenvalue weighted by Crippen LogP contribution is 2.28. The highest BCUT2D eigenvalue weighted by atomic mass is 32.2. The largest absolute Gasteiger partial charge is 0.465 e. The van der Waals surface area contributed by atoms with Crippen LogP contribution >= 0.6 is 11.8 Å². The molecule has 1 atom stereocenters. The van der Waals surface area contributed by atoms with E-state index in [0.717, 1.165) is 29.9 Å². The van der Waals surface area contributed by atoms with E-state index in [-0.39, 0.29) is 11.7 Å². The number of fused-ring (bicyclic) bond motifs is 1. The Morgan fingerprint density at radius 3 is 2.77 bits per heavy atom. The van der Waals surface area contributed by atoms with Crippen molar-refractivity contribution >= 4 is 28.6 Å². The van der Waals surface area contributed by atoms with E-state index in [4.69, 9.17) is 18.9 Å². The van der Waals surface area contributed by atoms with Crippen LogP contribution in [0.1, 0.15) is 34.7 Å². The number of nitrogens with zero attached hydrogens (tertiary/aromatic N) is 3. The molecule has 180 valence electrons. The summed E-state index contributed by atoms with van der Waals surface area (Å²) >= 11 is 1.41. The lowest BCUT2D eigenvalue weighted by Gasteiger charge is -2.16. The average Bonchev–Trinajstić information content (AvgIpc) is 3.54. The first-order valence-electron chi connectivity index (χ1n) is 11.4. The summed E-state index contributed by atoms with van der Waals surface area (Å²) < 4.78 is 18.2. The van der Waals surface area contributed by atoms with Crippen LogP contribution in [0.5, 0.6) is 0 Å². The predicted molar refractivity (Wildman–Crippen MR) is 133 cm³/mol. The van der Waals surface area contributed by atoms with Crippen LogP contribution in [0.2, 0.25) is 0 Å². The number of methoxy groups -OCH3 is 1. The lowest BCUT2D eigenvalue weighted by molar-refractivity contribution is 0.0601. The Morgan fingerprint density at radius 2 is 2.03 bits per heavy atom. The third kappa shape index (κ3) is 4.87. The molecule has 0 unspecified atom stereocenters. The smallest absolute Gasteiger partial charge is 0.337 e. The van der Waals surface area contributed by atoms with Crippen LogP contribution in [0.25, 0.3) is 22.4 Å². The third-order valence-electron chi connectivity index (χ3n) is 6.00. The number of hydrogen-bond acceptors (Lipinski definition) is 8. The van der Waals surface area contributed by atoms with Gasteiger partial charge in [0.2, 0.25) is 5.89 Å². The number of hydrogen-bond donors (Lipinski definition) is 0. The van der Waals surface area contributed by atoms with Crippen LogP contribution in [0.3, 0.4) is 0 Å². The fourth-order valence-corrected chi connectivity index (χ4v) is 5.12. The topological polar surface area (TPSA) is 96.5 Å². The molecule has 2 aromatic heterocycles. The summed E-state index contributed by atoms with van der Waals surface area (Å²) in [4.78, 5) is 34.9. The predicted octanol–water partition coefficient (Wildman–Crippen LogP) is 4.62. The monoisotopic (exact) mass is 491 g/mol. The molecule has 1 aliphatic heterocycles. The molecule has 0 N–H and O–H groups in total. The van der Waals surface area contributed by atoms with Crippen LogP contribution in [-0.2, 0) is 21.8 Å². The first kappa shape index (κ1) is 23.3. The van der Waals surface area contributed by atoms with Gasteiger partial charge >= 0.3 is 5.97 Å². The Balaban J connectivity index is 1.50. The van der Waals surface area contributed by atoms with Gasteiger partial charge in [0.25, 0.3) is 5.56 Å². The number of esters is 1. The number of thioether (sulfide) groups is 1. The van der Waals surface area contributed by atoms with Crippen LogP contribution in [0.15, 0.2) is 62.9 Å². The standard InChI is InChI=1S/C26H25N3O5S/c1-16-22(27-23(34-16)17-7-4-3-5-8-17)15-35-26-28-21-13-18(25(31)32-2)10-11-20(21)24(30)29(26)14-19-9-6-12-33-19/h3-5,7-8,10-11,13,19H,6,9,12,14-15H2,1-2H3/t19-/m0/s1. The van der Waals surface area contributed by atoms with Crippen LogP contribution in [-0.4, -0.2) is 40.3 Å². The molecule has 0 saturated carbocycles. The minimum absolute atomic E-state index is 0.0286. The number of benzene rings is 2. The van der Waals surface area contributed by atoms with Crippen LogP contribution in [0, 0.1) is 6.92 Å². The molecule has 35 heavy (non-hydrogen) atoms. The van der Waals surface area contributed by atoms with Crippen molar-refractivity contribution in [1.29, 1.82) is 0 Å². The van der Waals surface area contributed by atoms with E-state index in [1.165, 1.54) is 18.9 Å². The summed E-state index contributed by atoms with van der Waals surface area (Å²) in [6.07, 6.45) is 1.85. The van der Waals surface area contributed by atoms with Gasteiger partial charge in [-0.3, -0.25) is 9.36 Å². The van der Waals surface area contributed by atoms with Crippen molar-refractivity contribution in [2.24, 2.45) is 0 Å². The molecule has 0 spiro atoms. The van der Waals surface area contributed by atoms with Crippen molar-refractivity contribution in [2.75, 3.05) is 13.7 Å². The summed E-state index contributed by atoms with van der Waals surface area (Å²) in [6.45, 7) is 3.01. The molecule has 4 aromatic rings. The Bertz CT molecular complexity index is 1420. The number of aryl methyl sites for hydroxylation is 1. The van der Waals surface area contributed by atoms with Gasteiger partial charge in [0.05, 0.1) is 41.9 Å². The zero-order valence-electron chi connectivity index (χ0n) is 19.5. The Morgan fingerprint density at radius 1 is 1.20 bits per heavy atom. The molecule has 0 radical (unpaired) electrons. The highest BCUT2D eigenvalue weighted by Gasteiger charge is 2.22. The first-order valence-corrected chi connectivity index (χ1v) is 12.4. The van der Waals surface area contributed by atoms with Crippen molar-refractivity contribution in [1.82, 2.24) is 14.5 Å². The van der Waals surface area contributed by atoms with E-state index in [1.54, 1.807) is 22.8 Å². The second kappa shape index (κ2) is 10.1. The number of carbonyl (C=O) groups is 1. The molecule has 1 fully saturated rings. The van der Waals surface area contributed by atoms with Gasteiger partial charge in [-0.25, -0.2) is 14.8 Å². The number of aromatic nitrogens is 3. The van der Waals surface area contributed by atoms with E-state index in [2.05, 4.69) is 4.98 Å². The molecule has 9 heteroatoms. The minimum atomic E-state index is -0.474. The molecule has 1 saturated heterocycles. The second-order valence-corrected chi connectivity index (χ2v) is 9.29. The van der Waals surface area contributed by atoms with Gasteiger partial charge in [-0.1, -0.05) is 30.0 Å². The average molecular weight is 492 g/mol. The SMILES string of the molecule is COC(=O)c1ccc2c(=O)n(C[C@@H]3CCCO3)c(SCc3nc(-c4ccccc4)oc3C)nc2c1. The van der Waals surface area contributed by atoms with E-state index >= 15 is 0 Å².